The lowest BCUT2D eigenvalue weighted by atomic mass is 10.2. The lowest BCUT2D eigenvalue weighted by Gasteiger charge is -2.23. The number of unbranched alkanes of at least 4 members (excludes halogenated alkanes) is 1. The summed E-state index contributed by atoms with van der Waals surface area (Å²) in [6.45, 7) is 14.2. The van der Waals surface area contributed by atoms with Crippen molar-refractivity contribution in [3.63, 3.8) is 0 Å². The lowest BCUT2D eigenvalue weighted by Crippen LogP contribution is -2.35. The molecule has 0 spiro atoms. The molecule has 0 atom stereocenters. The van der Waals surface area contributed by atoms with Crippen LogP contribution in [0.3, 0.4) is 0 Å². The van der Waals surface area contributed by atoms with Gasteiger partial charge in [0.25, 0.3) is 0 Å². The largest absolute Gasteiger partial charge is 0.357 e. The van der Waals surface area contributed by atoms with Crippen molar-refractivity contribution in [2.75, 3.05) is 31.1 Å². The summed E-state index contributed by atoms with van der Waals surface area (Å²) in [5.41, 5.74) is -0.118. The molecule has 188 valence electrons. The van der Waals surface area contributed by atoms with Crippen LogP contribution in [0.25, 0.3) is 16.2 Å². The van der Waals surface area contributed by atoms with Crippen LogP contribution in [0.5, 0.6) is 0 Å². The number of pyridine rings is 2. The molecule has 0 aromatic carbocycles. The Kier molecular flexibility index (Phi) is 10.7. The van der Waals surface area contributed by atoms with Crippen LogP contribution in [-0.4, -0.2) is 53.4 Å². The first-order chi connectivity index (χ1) is 16.4. The van der Waals surface area contributed by atoms with Gasteiger partial charge >= 0.3 is 0 Å². The molecular weight excluding hydrogens is 470 g/mol. The van der Waals surface area contributed by atoms with Crippen LogP contribution in [0, 0.1) is 0 Å². The molecule has 0 amide bonds. The summed E-state index contributed by atoms with van der Waals surface area (Å²) < 4.78 is 29.7. The fourth-order valence-corrected chi connectivity index (χ4v) is 5.87. The molecule has 0 saturated heterocycles. The van der Waals surface area contributed by atoms with Crippen LogP contribution in [0.1, 0.15) is 60.8 Å². The van der Waals surface area contributed by atoms with E-state index in [2.05, 4.69) is 23.7 Å². The highest BCUT2D eigenvalue weighted by atomic mass is 32.2. The van der Waals surface area contributed by atoms with Gasteiger partial charge in [0, 0.05) is 44.0 Å². The number of aromatic nitrogens is 3. The molecule has 0 N–H and O–H groups in total. The molecule has 10 heteroatoms. The monoisotopic (exact) mass is 507 g/mol. The first kappa shape index (κ1) is 27.9. The van der Waals surface area contributed by atoms with Crippen molar-refractivity contribution in [3.8, 4) is 5.13 Å². The Labute approximate surface area is 207 Å². The Morgan fingerprint density at radius 2 is 1.76 bits per heavy atom. The van der Waals surface area contributed by atoms with Gasteiger partial charge in [-0.2, -0.15) is 4.31 Å². The van der Waals surface area contributed by atoms with Gasteiger partial charge in [0.15, 0.2) is 10.8 Å². The molecule has 3 aromatic rings. The number of sulfonamides is 1. The molecule has 0 unspecified atom stereocenters. The van der Waals surface area contributed by atoms with Crippen LogP contribution in [-0.2, 0) is 10.0 Å². The number of anilines is 1. The Morgan fingerprint density at radius 1 is 1.03 bits per heavy atom. The predicted octanol–water partition coefficient (Wildman–Crippen LogP) is 4.92. The number of hydrogen-bond donors (Lipinski definition) is 0. The van der Waals surface area contributed by atoms with Crippen molar-refractivity contribution in [3.05, 3.63) is 40.1 Å². The zero-order valence-corrected chi connectivity index (χ0v) is 22.7. The maximum absolute atomic E-state index is 13.4. The van der Waals surface area contributed by atoms with Crippen LogP contribution in [0.2, 0.25) is 0 Å². The molecule has 3 heterocycles. The number of rotatable bonds is 11. The standard InChI is InChI=1S/C22H31N5O3S2.C2H6/c1-5-9-14-25(7-3)19-11-10-17-20(28)18(32(29,30)26(8-4)13-6-2)16-27(21(17)24-19)22-23-12-15-31-22;1-2/h10-12,15-16H,5-9,13-14H2,1-4H3;1-2H3. The smallest absolute Gasteiger partial charge is 0.248 e. The van der Waals surface area contributed by atoms with E-state index in [4.69, 9.17) is 4.98 Å². The van der Waals surface area contributed by atoms with Gasteiger partial charge in [-0.25, -0.2) is 18.4 Å². The first-order valence-electron chi connectivity index (χ1n) is 12.1. The van der Waals surface area contributed by atoms with E-state index in [1.807, 2.05) is 26.2 Å². The van der Waals surface area contributed by atoms with Gasteiger partial charge in [0.1, 0.15) is 10.7 Å². The van der Waals surface area contributed by atoms with E-state index in [9.17, 15) is 13.2 Å². The highest BCUT2D eigenvalue weighted by Gasteiger charge is 2.28. The molecule has 0 radical (unpaired) electrons. The van der Waals surface area contributed by atoms with E-state index < -0.39 is 15.5 Å². The summed E-state index contributed by atoms with van der Waals surface area (Å²) in [5, 5.41) is 2.64. The van der Waals surface area contributed by atoms with Crippen molar-refractivity contribution in [1.82, 2.24) is 18.8 Å². The van der Waals surface area contributed by atoms with Crippen molar-refractivity contribution in [1.29, 1.82) is 0 Å². The van der Waals surface area contributed by atoms with E-state index in [0.29, 0.717) is 30.3 Å². The fraction of sp³-hybridized carbons (Fsp3) is 0.542. The second-order valence-corrected chi connectivity index (χ2v) is 10.3. The molecule has 0 aliphatic rings. The van der Waals surface area contributed by atoms with E-state index >= 15 is 0 Å². The van der Waals surface area contributed by atoms with Crippen molar-refractivity contribution < 1.29 is 8.42 Å². The minimum atomic E-state index is -3.95. The first-order valence-corrected chi connectivity index (χ1v) is 14.4. The average Bonchev–Trinajstić information content (AvgIpc) is 3.39. The van der Waals surface area contributed by atoms with Gasteiger partial charge in [-0.05, 0) is 31.9 Å². The molecule has 3 aromatic heterocycles. The van der Waals surface area contributed by atoms with Crippen LogP contribution >= 0.6 is 11.3 Å². The third-order valence-electron chi connectivity index (χ3n) is 5.36. The lowest BCUT2D eigenvalue weighted by molar-refractivity contribution is 0.426. The zero-order chi connectivity index (χ0) is 25.3. The maximum Gasteiger partial charge on any atom is 0.248 e. The minimum absolute atomic E-state index is 0.247. The summed E-state index contributed by atoms with van der Waals surface area (Å²) >= 11 is 1.36. The summed E-state index contributed by atoms with van der Waals surface area (Å²) in [7, 11) is -3.95. The quantitative estimate of drug-likeness (QED) is 0.366. The predicted molar refractivity (Wildman–Crippen MR) is 142 cm³/mol. The molecule has 34 heavy (non-hydrogen) atoms. The van der Waals surface area contributed by atoms with Crippen molar-refractivity contribution >= 4 is 38.2 Å². The fourth-order valence-electron chi connectivity index (χ4n) is 3.63. The molecule has 3 rings (SSSR count). The van der Waals surface area contributed by atoms with Gasteiger partial charge in [0.2, 0.25) is 15.5 Å². The van der Waals surface area contributed by atoms with Gasteiger partial charge in [0.05, 0.1) is 5.39 Å². The van der Waals surface area contributed by atoms with Crippen molar-refractivity contribution in [2.24, 2.45) is 0 Å². The molecule has 0 saturated carbocycles. The summed E-state index contributed by atoms with van der Waals surface area (Å²) in [4.78, 5) is 24.4. The summed E-state index contributed by atoms with van der Waals surface area (Å²) in [6.07, 6.45) is 5.80. The molecule has 0 fully saturated rings. The average molecular weight is 508 g/mol. The Balaban J connectivity index is 0.00000199. The third kappa shape index (κ3) is 5.84. The highest BCUT2D eigenvalue weighted by Crippen LogP contribution is 2.24. The Hall–Kier alpha value is -2.30. The normalized spacial score (nSPS) is 11.5. The summed E-state index contributed by atoms with van der Waals surface area (Å²) in [5.74, 6) is 0.759. The van der Waals surface area contributed by atoms with Gasteiger partial charge < -0.3 is 4.90 Å². The Bertz CT molecular complexity index is 1210. The number of fused-ring (bicyclic) bond motifs is 1. The van der Waals surface area contributed by atoms with Crippen LogP contribution < -0.4 is 10.3 Å². The Morgan fingerprint density at radius 3 is 2.32 bits per heavy atom. The third-order valence-corrected chi connectivity index (χ3v) is 8.10. The van der Waals surface area contributed by atoms with Gasteiger partial charge in [-0.15, -0.1) is 11.3 Å². The number of thiazole rings is 1. The molecule has 0 aliphatic carbocycles. The van der Waals surface area contributed by atoms with Gasteiger partial charge in [-0.1, -0.05) is 41.0 Å². The molecule has 8 nitrogen and oxygen atoms in total. The van der Waals surface area contributed by atoms with Crippen molar-refractivity contribution in [2.45, 2.75) is 65.7 Å². The van der Waals surface area contributed by atoms with E-state index in [1.54, 1.807) is 29.8 Å². The molecule has 0 aliphatic heterocycles. The molecule has 0 bridgehead atoms. The second kappa shape index (κ2) is 13.0. The highest BCUT2D eigenvalue weighted by molar-refractivity contribution is 7.89. The SMILES string of the molecule is CC.CCCCN(CC)c1ccc2c(=O)c(S(=O)(=O)N(CC)CCC)cn(-c3nccs3)c2n1. The van der Waals surface area contributed by atoms with E-state index in [-0.39, 0.29) is 10.3 Å². The summed E-state index contributed by atoms with van der Waals surface area (Å²) in [6, 6.07) is 3.49. The topological polar surface area (TPSA) is 88.4 Å². The number of nitrogens with zero attached hydrogens (tertiary/aromatic N) is 5. The second-order valence-electron chi connectivity index (χ2n) is 7.48. The zero-order valence-electron chi connectivity index (χ0n) is 21.1. The van der Waals surface area contributed by atoms with E-state index in [1.165, 1.54) is 21.8 Å². The van der Waals surface area contributed by atoms with E-state index in [0.717, 1.165) is 31.7 Å². The van der Waals surface area contributed by atoms with Crippen LogP contribution in [0.15, 0.2) is 39.6 Å². The molecular formula is C24H37N5O3S2. The van der Waals surface area contributed by atoms with Crippen LogP contribution in [0.4, 0.5) is 5.82 Å². The van der Waals surface area contributed by atoms with Gasteiger partial charge in [-0.3, -0.25) is 9.36 Å². The minimum Gasteiger partial charge on any atom is -0.357 e. The number of hydrogen-bond acceptors (Lipinski definition) is 7. The maximum atomic E-state index is 13.4.